The van der Waals surface area contributed by atoms with Crippen molar-refractivity contribution in [2.24, 2.45) is 0 Å². The van der Waals surface area contributed by atoms with Gasteiger partial charge in [-0.05, 0) is 44.8 Å². The van der Waals surface area contributed by atoms with Crippen LogP contribution in [0.15, 0.2) is 42.7 Å². The highest BCUT2D eigenvalue weighted by atomic mass is 16.5. The van der Waals surface area contributed by atoms with Gasteiger partial charge < -0.3 is 20.3 Å². The van der Waals surface area contributed by atoms with Crippen molar-refractivity contribution in [1.82, 2.24) is 29.5 Å². The van der Waals surface area contributed by atoms with Crippen LogP contribution in [0.4, 0.5) is 5.82 Å². The number of ether oxygens (including phenoxy) is 1. The van der Waals surface area contributed by atoms with E-state index in [9.17, 15) is 4.79 Å². The van der Waals surface area contributed by atoms with Gasteiger partial charge in [0, 0.05) is 31.3 Å². The minimum absolute atomic E-state index is 0.0188. The molecule has 0 spiro atoms. The predicted molar refractivity (Wildman–Crippen MR) is 120 cm³/mol. The number of benzene rings is 1. The van der Waals surface area contributed by atoms with E-state index in [0.29, 0.717) is 24.6 Å². The Morgan fingerprint density at radius 2 is 2.06 bits per heavy atom. The predicted octanol–water partition coefficient (Wildman–Crippen LogP) is 1.98. The third-order valence-electron chi connectivity index (χ3n) is 5.43. The van der Waals surface area contributed by atoms with Crippen LogP contribution in [0.5, 0.6) is 5.75 Å². The van der Waals surface area contributed by atoms with Gasteiger partial charge in [-0.1, -0.05) is 6.08 Å². The van der Waals surface area contributed by atoms with Gasteiger partial charge in [-0.15, -0.1) is 0 Å². The van der Waals surface area contributed by atoms with Crippen molar-refractivity contribution in [2.75, 3.05) is 46.6 Å². The molecule has 1 saturated heterocycles. The average molecular weight is 422 g/mol. The van der Waals surface area contributed by atoms with Crippen molar-refractivity contribution in [3.63, 3.8) is 0 Å². The lowest BCUT2D eigenvalue weighted by molar-refractivity contribution is -0.125. The molecule has 0 radical (unpaired) electrons. The molecule has 9 nitrogen and oxygen atoms in total. The molecule has 1 fully saturated rings. The van der Waals surface area contributed by atoms with Crippen LogP contribution in [0, 0.1) is 0 Å². The first-order chi connectivity index (χ1) is 15.0. The average Bonchev–Trinajstić information content (AvgIpc) is 3.39. The maximum atomic E-state index is 12.5. The molecule has 0 unspecified atom stereocenters. The number of hydrogen-bond acceptors (Lipinski definition) is 7. The Morgan fingerprint density at radius 3 is 2.77 bits per heavy atom. The van der Waals surface area contributed by atoms with E-state index in [-0.39, 0.29) is 11.9 Å². The van der Waals surface area contributed by atoms with Gasteiger partial charge in [-0.3, -0.25) is 4.79 Å². The second kappa shape index (κ2) is 8.73. The summed E-state index contributed by atoms with van der Waals surface area (Å²) in [6.07, 6.45) is 5.78. The molecule has 4 rings (SSSR count). The summed E-state index contributed by atoms with van der Waals surface area (Å²) in [5, 5.41) is 5.59. The minimum Gasteiger partial charge on any atom is -0.497 e. The first kappa shape index (κ1) is 20.8. The standard InChI is InChI=1S/C22H27N7O2/c1-27(2)11-4-5-18(30)28-12-10-16(13-28)29-22-19(21(23)24-14-25-22)20(26-29)15-6-8-17(31-3)9-7-15/h4-9,14,16H,10-13H2,1-3H3,(H2,23,24,25)/t16-/m1/s1. The monoisotopic (exact) mass is 421 g/mol. The Hall–Kier alpha value is -3.46. The second-order valence-electron chi connectivity index (χ2n) is 7.87. The highest BCUT2D eigenvalue weighted by Gasteiger charge is 2.30. The highest BCUT2D eigenvalue weighted by molar-refractivity contribution is 5.98. The fourth-order valence-electron chi connectivity index (χ4n) is 3.81. The minimum atomic E-state index is 0.0188. The largest absolute Gasteiger partial charge is 0.497 e. The van der Waals surface area contributed by atoms with E-state index in [2.05, 4.69) is 9.97 Å². The summed E-state index contributed by atoms with van der Waals surface area (Å²) in [5.74, 6) is 1.17. The second-order valence-corrected chi connectivity index (χ2v) is 7.87. The van der Waals surface area contributed by atoms with Gasteiger partial charge >= 0.3 is 0 Å². The Morgan fingerprint density at radius 1 is 1.29 bits per heavy atom. The van der Waals surface area contributed by atoms with Crippen LogP contribution < -0.4 is 10.5 Å². The summed E-state index contributed by atoms with van der Waals surface area (Å²) in [6, 6.07) is 7.68. The van der Waals surface area contributed by atoms with E-state index in [1.807, 2.05) is 58.9 Å². The molecule has 3 aromatic rings. The number of aromatic nitrogens is 4. The number of methoxy groups -OCH3 is 1. The summed E-state index contributed by atoms with van der Waals surface area (Å²) in [7, 11) is 5.57. The van der Waals surface area contributed by atoms with Crippen molar-refractivity contribution in [3.8, 4) is 17.0 Å². The normalized spacial score (nSPS) is 16.6. The van der Waals surface area contributed by atoms with E-state index in [1.54, 1.807) is 13.2 Å². The molecule has 9 heteroatoms. The van der Waals surface area contributed by atoms with E-state index in [4.69, 9.17) is 15.6 Å². The highest BCUT2D eigenvalue weighted by Crippen LogP contribution is 2.34. The molecular formula is C22H27N7O2. The number of nitrogens with zero attached hydrogens (tertiary/aromatic N) is 6. The number of likely N-dealkylation sites (tertiary alicyclic amines) is 1. The first-order valence-corrected chi connectivity index (χ1v) is 10.2. The van der Waals surface area contributed by atoms with Crippen molar-refractivity contribution in [2.45, 2.75) is 12.5 Å². The van der Waals surface area contributed by atoms with Crippen LogP contribution in [0.2, 0.25) is 0 Å². The van der Waals surface area contributed by atoms with Crippen molar-refractivity contribution in [3.05, 3.63) is 42.7 Å². The summed E-state index contributed by atoms with van der Waals surface area (Å²) in [6.45, 7) is 1.98. The number of hydrogen-bond donors (Lipinski definition) is 1. The molecule has 2 aromatic heterocycles. The lowest BCUT2D eigenvalue weighted by atomic mass is 10.1. The Labute approximate surface area is 181 Å². The van der Waals surface area contributed by atoms with Crippen molar-refractivity contribution < 1.29 is 9.53 Å². The maximum Gasteiger partial charge on any atom is 0.246 e. The van der Waals surface area contributed by atoms with Gasteiger partial charge in [0.05, 0.1) is 18.5 Å². The van der Waals surface area contributed by atoms with Crippen LogP contribution in [0.25, 0.3) is 22.3 Å². The molecule has 2 N–H and O–H groups in total. The van der Waals surface area contributed by atoms with Gasteiger partial charge in [0.15, 0.2) is 5.65 Å². The maximum absolute atomic E-state index is 12.5. The lowest BCUT2D eigenvalue weighted by Crippen LogP contribution is -2.28. The fraction of sp³-hybridized carbons (Fsp3) is 0.364. The fourth-order valence-corrected chi connectivity index (χ4v) is 3.81. The Kier molecular flexibility index (Phi) is 5.85. The number of nitrogens with two attached hydrogens (primary N) is 1. The Balaban J connectivity index is 1.63. The number of nitrogen functional groups attached to an aromatic ring is 1. The summed E-state index contributed by atoms with van der Waals surface area (Å²) in [5.41, 5.74) is 8.53. The third kappa shape index (κ3) is 4.22. The number of amides is 1. The smallest absolute Gasteiger partial charge is 0.246 e. The van der Waals surface area contributed by atoms with Gasteiger partial charge in [-0.25, -0.2) is 14.6 Å². The van der Waals surface area contributed by atoms with E-state index in [0.717, 1.165) is 35.4 Å². The molecular weight excluding hydrogens is 394 g/mol. The molecule has 1 aromatic carbocycles. The van der Waals surface area contributed by atoms with Gasteiger partial charge in [-0.2, -0.15) is 5.10 Å². The quantitative estimate of drug-likeness (QED) is 0.607. The van der Waals surface area contributed by atoms with Crippen LogP contribution >= 0.6 is 0 Å². The molecule has 31 heavy (non-hydrogen) atoms. The van der Waals surface area contributed by atoms with Gasteiger partial charge in [0.25, 0.3) is 0 Å². The lowest BCUT2D eigenvalue weighted by Gasteiger charge is -2.15. The zero-order chi connectivity index (χ0) is 22.0. The number of carbonyl (C=O) groups is 1. The number of likely N-dealkylation sites (N-methyl/N-ethyl adjacent to an activating group) is 1. The number of carbonyl (C=O) groups excluding carboxylic acids is 1. The Bertz CT molecular complexity index is 1100. The summed E-state index contributed by atoms with van der Waals surface area (Å²) < 4.78 is 7.15. The zero-order valence-electron chi connectivity index (χ0n) is 18.0. The molecule has 1 aliphatic rings. The number of rotatable bonds is 6. The molecule has 1 amide bonds. The van der Waals surface area contributed by atoms with Crippen LogP contribution in [0.1, 0.15) is 12.5 Å². The number of anilines is 1. The summed E-state index contributed by atoms with van der Waals surface area (Å²) in [4.78, 5) is 25.0. The molecule has 0 bridgehead atoms. The molecule has 0 aliphatic carbocycles. The van der Waals surface area contributed by atoms with Crippen LogP contribution in [0.3, 0.4) is 0 Å². The molecule has 1 aliphatic heterocycles. The summed E-state index contributed by atoms with van der Waals surface area (Å²) >= 11 is 0. The van der Waals surface area contributed by atoms with E-state index in [1.165, 1.54) is 6.33 Å². The third-order valence-corrected chi connectivity index (χ3v) is 5.43. The topological polar surface area (TPSA) is 102 Å². The van der Waals surface area contributed by atoms with Gasteiger partial charge in [0.1, 0.15) is 23.6 Å². The zero-order valence-corrected chi connectivity index (χ0v) is 18.0. The first-order valence-electron chi connectivity index (χ1n) is 10.2. The molecule has 3 heterocycles. The number of fused-ring (bicyclic) bond motifs is 1. The molecule has 1 atom stereocenters. The SMILES string of the molecule is COc1ccc(-c2nn([C@@H]3CCN(C(=O)C=CCN(C)C)C3)c3ncnc(N)c23)cc1. The van der Waals surface area contributed by atoms with E-state index >= 15 is 0 Å². The van der Waals surface area contributed by atoms with Crippen LogP contribution in [-0.4, -0.2) is 76.3 Å². The van der Waals surface area contributed by atoms with Crippen molar-refractivity contribution in [1.29, 1.82) is 0 Å². The van der Waals surface area contributed by atoms with E-state index < -0.39 is 0 Å². The van der Waals surface area contributed by atoms with Crippen LogP contribution in [-0.2, 0) is 4.79 Å². The molecule has 162 valence electrons. The molecule has 0 saturated carbocycles. The van der Waals surface area contributed by atoms with Crippen molar-refractivity contribution >= 4 is 22.8 Å². The van der Waals surface area contributed by atoms with Gasteiger partial charge in [0.2, 0.25) is 5.91 Å².